The van der Waals surface area contributed by atoms with Crippen LogP contribution in [-0.4, -0.2) is 67.7 Å². The van der Waals surface area contributed by atoms with Crippen LogP contribution in [0, 0.1) is 0 Å². The Balaban J connectivity index is 2.36. The van der Waals surface area contributed by atoms with Crippen molar-refractivity contribution in [2.75, 3.05) is 13.2 Å². The Bertz CT molecular complexity index is 961. The molecule has 13 nitrogen and oxygen atoms in total. The van der Waals surface area contributed by atoms with Gasteiger partial charge in [-0.3, -0.25) is 19.2 Å². The molecule has 1 saturated heterocycles. The molecular formula is C22H27N3O10. The van der Waals surface area contributed by atoms with Crippen molar-refractivity contribution in [3.05, 3.63) is 40.3 Å². The van der Waals surface area contributed by atoms with E-state index < -0.39 is 54.6 Å². The summed E-state index contributed by atoms with van der Waals surface area (Å²) in [5, 5.41) is 3.49. The van der Waals surface area contributed by atoms with E-state index in [0.717, 1.165) is 26.3 Å². The molecule has 0 aromatic heterocycles. The van der Waals surface area contributed by atoms with Crippen LogP contribution >= 0.6 is 0 Å². The van der Waals surface area contributed by atoms with E-state index in [4.69, 9.17) is 34.0 Å². The molecule has 0 bridgehead atoms. The van der Waals surface area contributed by atoms with Crippen molar-refractivity contribution in [1.29, 1.82) is 0 Å². The van der Waals surface area contributed by atoms with Crippen molar-refractivity contribution in [1.82, 2.24) is 0 Å². The monoisotopic (exact) mass is 493 g/mol. The Labute approximate surface area is 201 Å². The highest BCUT2D eigenvalue weighted by molar-refractivity contribution is 5.68. The highest BCUT2D eigenvalue weighted by atomic mass is 16.7. The van der Waals surface area contributed by atoms with Crippen molar-refractivity contribution in [2.24, 2.45) is 5.11 Å². The van der Waals surface area contributed by atoms with Crippen LogP contribution in [0.3, 0.4) is 0 Å². The van der Waals surface area contributed by atoms with E-state index in [1.165, 1.54) is 6.92 Å². The first-order chi connectivity index (χ1) is 16.6. The molecule has 0 saturated carbocycles. The Morgan fingerprint density at radius 3 is 2.00 bits per heavy atom. The van der Waals surface area contributed by atoms with Gasteiger partial charge in [0.15, 0.2) is 12.2 Å². The number of benzene rings is 1. The van der Waals surface area contributed by atoms with Gasteiger partial charge in [-0.05, 0) is 29.6 Å². The van der Waals surface area contributed by atoms with Crippen molar-refractivity contribution in [2.45, 2.75) is 64.8 Å². The smallest absolute Gasteiger partial charge is 0.303 e. The SMILES string of the molecule is CC(=O)OC[C@H]1O[C@@H](Oc2ccc(CCN=[N+]=[N-])cc2)[C@H](OC(C)=O)[C@@H](OC(C)=O)[C@H]1OC(C)=O. The largest absolute Gasteiger partial charge is 0.463 e. The molecule has 1 fully saturated rings. The molecule has 13 heteroatoms. The zero-order chi connectivity index (χ0) is 26.0. The molecular weight excluding hydrogens is 466 g/mol. The second kappa shape index (κ2) is 13.2. The van der Waals surface area contributed by atoms with Crippen LogP contribution in [0.5, 0.6) is 5.75 Å². The summed E-state index contributed by atoms with van der Waals surface area (Å²) >= 11 is 0. The minimum Gasteiger partial charge on any atom is -0.463 e. The van der Waals surface area contributed by atoms with Crippen molar-refractivity contribution in [3.8, 4) is 5.75 Å². The average molecular weight is 493 g/mol. The lowest BCUT2D eigenvalue weighted by Gasteiger charge is -2.43. The van der Waals surface area contributed by atoms with Crippen LogP contribution in [-0.2, 0) is 49.3 Å². The van der Waals surface area contributed by atoms with Crippen molar-refractivity contribution >= 4 is 23.9 Å². The lowest BCUT2D eigenvalue weighted by molar-refractivity contribution is -0.288. The maximum atomic E-state index is 11.9. The number of hydrogen-bond donors (Lipinski definition) is 0. The third-order valence-electron chi connectivity index (χ3n) is 4.69. The lowest BCUT2D eigenvalue weighted by atomic mass is 9.98. The zero-order valence-corrected chi connectivity index (χ0v) is 19.7. The van der Waals surface area contributed by atoms with E-state index in [1.54, 1.807) is 24.3 Å². The molecule has 0 N–H and O–H groups in total. The molecule has 35 heavy (non-hydrogen) atoms. The number of carbonyl (C=O) groups is 4. The molecule has 1 aromatic carbocycles. The first kappa shape index (κ1) is 27.4. The highest BCUT2D eigenvalue weighted by Crippen LogP contribution is 2.31. The number of carbonyl (C=O) groups excluding carboxylic acids is 4. The van der Waals surface area contributed by atoms with Gasteiger partial charge in [-0.1, -0.05) is 17.2 Å². The molecule has 0 aliphatic carbocycles. The molecule has 0 unspecified atom stereocenters. The number of nitrogens with zero attached hydrogens (tertiary/aromatic N) is 3. The summed E-state index contributed by atoms with van der Waals surface area (Å²) < 4.78 is 32.8. The third-order valence-corrected chi connectivity index (χ3v) is 4.69. The molecule has 1 aromatic rings. The average Bonchev–Trinajstić information content (AvgIpc) is 2.77. The van der Waals surface area contributed by atoms with Gasteiger partial charge in [0.05, 0.1) is 0 Å². The molecule has 1 aliphatic heterocycles. The van der Waals surface area contributed by atoms with Crippen LogP contribution in [0.4, 0.5) is 0 Å². The minimum atomic E-state index is -1.32. The summed E-state index contributed by atoms with van der Waals surface area (Å²) in [6.07, 6.45) is -5.80. The van der Waals surface area contributed by atoms with Gasteiger partial charge in [0.25, 0.3) is 0 Å². The predicted molar refractivity (Wildman–Crippen MR) is 117 cm³/mol. The van der Waals surface area contributed by atoms with Gasteiger partial charge in [0.1, 0.15) is 18.5 Å². The van der Waals surface area contributed by atoms with Crippen LogP contribution < -0.4 is 4.74 Å². The molecule has 5 atom stereocenters. The van der Waals surface area contributed by atoms with Gasteiger partial charge in [0.2, 0.25) is 12.4 Å². The number of esters is 4. The van der Waals surface area contributed by atoms with E-state index in [1.807, 2.05) is 0 Å². The molecule has 0 spiro atoms. The lowest BCUT2D eigenvalue weighted by Crippen LogP contribution is -2.63. The summed E-state index contributed by atoms with van der Waals surface area (Å²) in [6, 6.07) is 6.74. The van der Waals surface area contributed by atoms with Crippen LogP contribution in [0.25, 0.3) is 10.4 Å². The molecule has 1 aliphatic rings. The fourth-order valence-corrected chi connectivity index (χ4v) is 3.38. The Morgan fingerprint density at radius 2 is 1.46 bits per heavy atom. The fraction of sp³-hybridized carbons (Fsp3) is 0.545. The van der Waals surface area contributed by atoms with E-state index in [9.17, 15) is 19.2 Å². The first-order valence-electron chi connectivity index (χ1n) is 10.7. The predicted octanol–water partition coefficient (Wildman–Crippen LogP) is 2.00. The molecule has 0 amide bonds. The van der Waals surface area contributed by atoms with Gasteiger partial charge in [0, 0.05) is 39.2 Å². The molecule has 190 valence electrons. The van der Waals surface area contributed by atoms with Gasteiger partial charge in [-0.15, -0.1) is 0 Å². The topological polar surface area (TPSA) is 172 Å². The van der Waals surface area contributed by atoms with E-state index in [-0.39, 0.29) is 13.2 Å². The summed E-state index contributed by atoms with van der Waals surface area (Å²) in [4.78, 5) is 49.6. The second-order valence-electron chi connectivity index (χ2n) is 7.53. The molecule has 0 radical (unpaired) electrons. The van der Waals surface area contributed by atoms with E-state index in [0.29, 0.717) is 12.2 Å². The molecule has 2 rings (SSSR count). The normalized spacial score (nSPS) is 23.3. The maximum absolute atomic E-state index is 11.9. The zero-order valence-electron chi connectivity index (χ0n) is 19.7. The number of azide groups is 1. The highest BCUT2D eigenvalue weighted by Gasteiger charge is 2.53. The summed E-state index contributed by atoms with van der Waals surface area (Å²) in [7, 11) is 0. The fourth-order valence-electron chi connectivity index (χ4n) is 3.38. The maximum Gasteiger partial charge on any atom is 0.303 e. The van der Waals surface area contributed by atoms with E-state index >= 15 is 0 Å². The minimum absolute atomic E-state index is 0.288. The van der Waals surface area contributed by atoms with Crippen LogP contribution in [0.1, 0.15) is 33.3 Å². The van der Waals surface area contributed by atoms with Gasteiger partial charge < -0.3 is 28.4 Å². The quantitative estimate of drug-likeness (QED) is 0.154. The number of rotatable bonds is 10. The molecule has 1 heterocycles. The van der Waals surface area contributed by atoms with Gasteiger partial charge in [-0.25, -0.2) is 0 Å². The van der Waals surface area contributed by atoms with Crippen LogP contribution in [0.2, 0.25) is 0 Å². The Kier molecular flexibility index (Phi) is 10.3. The standard InChI is InChI=1S/C22H27N3O10/c1-12(26)30-11-18-19(31-13(2)27)20(32-14(3)28)21(33-15(4)29)22(35-18)34-17-7-5-16(6-8-17)9-10-24-25-23/h5-8,18-22H,9-11H2,1-4H3/t18-,19+,20+,21-,22-/m1/s1. The van der Waals surface area contributed by atoms with Crippen LogP contribution in [0.15, 0.2) is 29.4 Å². The summed E-state index contributed by atoms with van der Waals surface area (Å²) in [6.45, 7) is 4.54. The first-order valence-corrected chi connectivity index (χ1v) is 10.7. The van der Waals surface area contributed by atoms with E-state index in [2.05, 4.69) is 10.0 Å². The second-order valence-corrected chi connectivity index (χ2v) is 7.53. The van der Waals surface area contributed by atoms with Crippen molar-refractivity contribution in [3.63, 3.8) is 0 Å². The van der Waals surface area contributed by atoms with Gasteiger partial charge >= 0.3 is 23.9 Å². The number of hydrogen-bond acceptors (Lipinski definition) is 11. The Morgan fingerprint density at radius 1 is 0.886 bits per heavy atom. The van der Waals surface area contributed by atoms with Gasteiger partial charge in [-0.2, -0.15) is 0 Å². The summed E-state index contributed by atoms with van der Waals surface area (Å²) in [5.74, 6) is -2.48. The van der Waals surface area contributed by atoms with Crippen molar-refractivity contribution < 1.29 is 47.6 Å². The summed E-state index contributed by atoms with van der Waals surface area (Å²) in [5.41, 5.74) is 9.27. The third kappa shape index (κ3) is 8.80. The number of ether oxygens (including phenoxy) is 6. The Hall–Kier alpha value is -3.83.